The van der Waals surface area contributed by atoms with Gasteiger partial charge in [-0.1, -0.05) is 6.07 Å². The number of hydrogen-bond donors (Lipinski definition) is 1. The summed E-state index contributed by atoms with van der Waals surface area (Å²) in [5.41, 5.74) is 5.99. The van der Waals surface area contributed by atoms with Crippen LogP contribution in [0, 0.1) is 18.6 Å². The van der Waals surface area contributed by atoms with E-state index in [4.69, 9.17) is 5.73 Å². The molecule has 6 nitrogen and oxygen atoms in total. The molecule has 0 bridgehead atoms. The molecule has 0 fully saturated rings. The molecule has 2 N–H and O–H groups in total. The highest BCUT2D eigenvalue weighted by Gasteiger charge is 2.21. The zero-order valence-corrected chi connectivity index (χ0v) is 12.8. The zero-order chi connectivity index (χ0) is 15.9. The Morgan fingerprint density at radius 3 is 2.77 bits per heavy atom. The van der Waals surface area contributed by atoms with Crippen molar-refractivity contribution in [2.45, 2.75) is 6.92 Å². The summed E-state index contributed by atoms with van der Waals surface area (Å²) in [6.45, 7) is 1.61. The van der Waals surface area contributed by atoms with E-state index in [1.807, 2.05) is 0 Å². The molecule has 2 aromatic heterocycles. The number of halogens is 3. The third-order valence-corrected chi connectivity index (χ3v) is 3.36. The van der Waals surface area contributed by atoms with E-state index in [0.717, 1.165) is 6.07 Å². The van der Waals surface area contributed by atoms with E-state index in [2.05, 4.69) is 36.1 Å². The highest BCUT2D eigenvalue weighted by Crippen LogP contribution is 2.27. The van der Waals surface area contributed by atoms with Crippen LogP contribution in [0.3, 0.4) is 0 Å². The van der Waals surface area contributed by atoms with Crippen molar-refractivity contribution in [3.8, 4) is 17.2 Å². The molecule has 2 heterocycles. The first kappa shape index (κ1) is 14.5. The van der Waals surface area contributed by atoms with E-state index in [0.29, 0.717) is 10.4 Å². The van der Waals surface area contributed by atoms with Gasteiger partial charge in [-0.2, -0.15) is 0 Å². The average Bonchev–Trinajstić information content (AvgIpc) is 2.86. The molecule has 0 radical (unpaired) electrons. The molecule has 0 atom stereocenters. The van der Waals surface area contributed by atoms with Gasteiger partial charge in [-0.15, -0.1) is 10.2 Å². The molecule has 3 rings (SSSR count). The highest BCUT2D eigenvalue weighted by molar-refractivity contribution is 9.10. The van der Waals surface area contributed by atoms with Crippen LogP contribution in [0.25, 0.3) is 17.2 Å². The number of aryl methyl sites for hydroxylation is 1. The van der Waals surface area contributed by atoms with Gasteiger partial charge in [-0.05, 0) is 35.0 Å². The van der Waals surface area contributed by atoms with Crippen molar-refractivity contribution in [2.75, 3.05) is 5.73 Å². The number of nitrogens with zero attached hydrogens (tertiary/aromatic N) is 5. The fourth-order valence-electron chi connectivity index (χ4n) is 2.01. The number of nitrogen functional groups attached to an aromatic ring is 1. The number of benzene rings is 1. The first-order valence-electron chi connectivity index (χ1n) is 6.14. The van der Waals surface area contributed by atoms with Crippen molar-refractivity contribution in [1.29, 1.82) is 0 Å². The smallest absolute Gasteiger partial charge is 0.191 e. The minimum Gasteiger partial charge on any atom is -0.382 e. The van der Waals surface area contributed by atoms with Gasteiger partial charge in [0.2, 0.25) is 0 Å². The maximum atomic E-state index is 14.1. The minimum absolute atomic E-state index is 0.0290. The number of rotatable bonds is 2. The van der Waals surface area contributed by atoms with Crippen LogP contribution in [0.4, 0.5) is 14.6 Å². The molecule has 0 amide bonds. The molecule has 3 aromatic rings. The third kappa shape index (κ3) is 2.33. The van der Waals surface area contributed by atoms with Crippen molar-refractivity contribution in [3.05, 3.63) is 46.5 Å². The third-order valence-electron chi connectivity index (χ3n) is 2.98. The van der Waals surface area contributed by atoms with Gasteiger partial charge in [0.25, 0.3) is 0 Å². The Bertz CT molecular complexity index is 864. The van der Waals surface area contributed by atoms with Gasteiger partial charge in [0.15, 0.2) is 29.0 Å². The number of hydrogen-bond acceptors (Lipinski definition) is 5. The molecule has 112 valence electrons. The lowest BCUT2D eigenvalue weighted by Crippen LogP contribution is -2.07. The molecule has 0 aliphatic carbocycles. The normalized spacial score (nSPS) is 10.9. The summed E-state index contributed by atoms with van der Waals surface area (Å²) < 4.78 is 29.4. The predicted octanol–water partition coefficient (Wildman–Crippen LogP) is 2.66. The van der Waals surface area contributed by atoms with E-state index in [-0.39, 0.29) is 23.0 Å². The average molecular weight is 367 g/mol. The fraction of sp³-hybridized carbons (Fsp3) is 0.0769. The second-order valence-electron chi connectivity index (χ2n) is 4.41. The lowest BCUT2D eigenvalue weighted by Gasteiger charge is -2.10. The SMILES string of the molecule is Cc1nnc(-c2nc(Br)cnc2N)n1-c1cccc(F)c1F. The Balaban J connectivity index is 2.29. The minimum atomic E-state index is -1.01. The molecular formula is C13H9BrF2N6. The van der Waals surface area contributed by atoms with Crippen molar-refractivity contribution in [1.82, 2.24) is 24.7 Å². The van der Waals surface area contributed by atoms with Gasteiger partial charge in [0.05, 0.1) is 11.9 Å². The van der Waals surface area contributed by atoms with E-state index in [1.165, 1.54) is 22.9 Å². The predicted molar refractivity (Wildman–Crippen MR) is 79.2 cm³/mol. The molecule has 9 heteroatoms. The number of nitrogens with two attached hydrogens (primary N) is 1. The lowest BCUT2D eigenvalue weighted by molar-refractivity contribution is 0.504. The van der Waals surface area contributed by atoms with Gasteiger partial charge >= 0.3 is 0 Å². The van der Waals surface area contributed by atoms with E-state index >= 15 is 0 Å². The van der Waals surface area contributed by atoms with Gasteiger partial charge in [0, 0.05) is 0 Å². The molecular weight excluding hydrogens is 358 g/mol. The van der Waals surface area contributed by atoms with Crippen molar-refractivity contribution < 1.29 is 8.78 Å². The second-order valence-corrected chi connectivity index (χ2v) is 5.22. The molecule has 22 heavy (non-hydrogen) atoms. The number of anilines is 1. The van der Waals surface area contributed by atoms with Crippen LogP contribution >= 0.6 is 15.9 Å². The van der Waals surface area contributed by atoms with Gasteiger partial charge in [-0.3, -0.25) is 4.57 Å². The topological polar surface area (TPSA) is 82.5 Å². The largest absolute Gasteiger partial charge is 0.382 e. The van der Waals surface area contributed by atoms with Gasteiger partial charge < -0.3 is 5.73 Å². The Morgan fingerprint density at radius 1 is 1.23 bits per heavy atom. The van der Waals surface area contributed by atoms with Crippen LogP contribution in [0.5, 0.6) is 0 Å². The first-order chi connectivity index (χ1) is 10.5. The Labute approximate surface area is 132 Å². The van der Waals surface area contributed by atoms with Crippen LogP contribution < -0.4 is 5.73 Å². The van der Waals surface area contributed by atoms with Crippen molar-refractivity contribution >= 4 is 21.7 Å². The fourth-order valence-corrected chi connectivity index (χ4v) is 2.29. The first-order valence-corrected chi connectivity index (χ1v) is 6.93. The van der Waals surface area contributed by atoms with Crippen LogP contribution in [-0.2, 0) is 0 Å². The van der Waals surface area contributed by atoms with Crippen LogP contribution in [0.2, 0.25) is 0 Å². The highest BCUT2D eigenvalue weighted by atomic mass is 79.9. The molecule has 0 saturated heterocycles. The standard InChI is InChI=1S/C13H9BrF2N6/c1-6-20-21-13(11-12(17)18-5-9(14)19-11)22(6)8-4-2-3-7(15)10(8)16/h2-5H,1H3,(H2,17,18). The summed E-state index contributed by atoms with van der Waals surface area (Å²) in [5, 5.41) is 7.85. The Kier molecular flexibility index (Phi) is 3.57. The summed E-state index contributed by atoms with van der Waals surface area (Å²) in [7, 11) is 0. The van der Waals surface area contributed by atoms with Crippen LogP contribution in [0.15, 0.2) is 29.0 Å². The lowest BCUT2D eigenvalue weighted by atomic mass is 10.2. The van der Waals surface area contributed by atoms with Gasteiger partial charge in [0.1, 0.15) is 10.4 Å². The van der Waals surface area contributed by atoms with E-state index < -0.39 is 11.6 Å². The maximum Gasteiger partial charge on any atom is 0.191 e. The zero-order valence-electron chi connectivity index (χ0n) is 11.3. The Morgan fingerprint density at radius 2 is 2.00 bits per heavy atom. The van der Waals surface area contributed by atoms with Crippen LogP contribution in [0.1, 0.15) is 5.82 Å². The van der Waals surface area contributed by atoms with E-state index in [1.54, 1.807) is 6.92 Å². The molecule has 0 saturated carbocycles. The quantitative estimate of drug-likeness (QED) is 0.753. The summed E-state index contributed by atoms with van der Waals surface area (Å²) in [4.78, 5) is 8.14. The van der Waals surface area contributed by atoms with Crippen molar-refractivity contribution in [2.24, 2.45) is 0 Å². The maximum absolute atomic E-state index is 14.1. The van der Waals surface area contributed by atoms with Crippen molar-refractivity contribution in [3.63, 3.8) is 0 Å². The number of aromatic nitrogens is 5. The molecule has 1 aromatic carbocycles. The van der Waals surface area contributed by atoms with Crippen LogP contribution in [-0.4, -0.2) is 24.7 Å². The monoisotopic (exact) mass is 366 g/mol. The molecule has 0 aliphatic heterocycles. The molecule has 0 aliphatic rings. The molecule has 0 unspecified atom stereocenters. The Hall–Kier alpha value is -2.42. The summed E-state index contributed by atoms with van der Waals surface area (Å²) in [6.07, 6.45) is 1.43. The molecule has 0 spiro atoms. The second kappa shape index (κ2) is 5.41. The van der Waals surface area contributed by atoms with Gasteiger partial charge in [-0.25, -0.2) is 18.7 Å². The van der Waals surface area contributed by atoms with E-state index in [9.17, 15) is 8.78 Å². The summed E-state index contributed by atoms with van der Waals surface area (Å²) in [5.74, 6) is -1.33. The summed E-state index contributed by atoms with van der Waals surface area (Å²) >= 11 is 3.19. The summed E-state index contributed by atoms with van der Waals surface area (Å²) in [6, 6.07) is 3.85.